The fourth-order valence-electron chi connectivity index (χ4n) is 0.871. The summed E-state index contributed by atoms with van der Waals surface area (Å²) in [6.45, 7) is -2.17. The molecule has 0 aliphatic carbocycles. The predicted molar refractivity (Wildman–Crippen MR) is 50.6 cm³/mol. The lowest BCUT2D eigenvalue weighted by molar-refractivity contribution is -0.139. The molecule has 0 saturated carbocycles. The molecule has 0 aliphatic heterocycles. The van der Waals surface area contributed by atoms with E-state index in [0.717, 1.165) is 0 Å². The van der Waals surface area contributed by atoms with Gasteiger partial charge < -0.3 is 20.8 Å². The third-order valence-corrected chi connectivity index (χ3v) is 1.83. The van der Waals surface area contributed by atoms with Gasteiger partial charge in [0.1, 0.15) is 6.04 Å². The zero-order chi connectivity index (χ0) is 14.3. The molecule has 0 unspecified atom stereocenters. The molecule has 0 aromatic heterocycles. The van der Waals surface area contributed by atoms with Gasteiger partial charge in [0.25, 0.3) is 0 Å². The van der Waals surface area contributed by atoms with E-state index in [4.69, 9.17) is 10.2 Å². The van der Waals surface area contributed by atoms with Gasteiger partial charge in [-0.05, 0) is 0 Å². The summed E-state index contributed by atoms with van der Waals surface area (Å²) in [6, 6.07) is -2.83. The van der Waals surface area contributed by atoms with E-state index in [-0.39, 0.29) is 6.42 Å². The minimum atomic E-state index is -4.40. The minimum Gasteiger partial charge on any atom is -0.480 e. The minimum absolute atomic E-state index is 0.339. The summed E-state index contributed by atoms with van der Waals surface area (Å²) in [5.74, 6) is -5.88. The van der Waals surface area contributed by atoms with Gasteiger partial charge in [0, 0.05) is 13.0 Å². The number of aliphatic carboxylic acids is 1. The number of carboxylic acid groups (broad SMARTS) is 1. The monoisotopic (exact) mass is 276 g/mol. The lowest BCUT2D eigenvalue weighted by Crippen LogP contribution is -2.50. The second-order valence-corrected chi connectivity index (χ2v) is 3.29. The van der Waals surface area contributed by atoms with Gasteiger partial charge in [-0.1, -0.05) is 0 Å². The van der Waals surface area contributed by atoms with E-state index in [1.165, 1.54) is 5.32 Å². The van der Waals surface area contributed by atoms with Gasteiger partial charge in [-0.25, -0.2) is 18.4 Å². The number of urea groups is 1. The Hall–Kier alpha value is -1.58. The number of carbonyl (C=O) groups excluding carboxylic acids is 1. The molecule has 0 bridgehead atoms. The summed E-state index contributed by atoms with van der Waals surface area (Å²) in [6.07, 6.45) is -4.28. The molecule has 0 radical (unpaired) electrons. The molecule has 10 heteroatoms. The first kappa shape index (κ1) is 16.4. The number of alkyl halides is 4. The van der Waals surface area contributed by atoms with Crippen LogP contribution in [0.5, 0.6) is 0 Å². The molecule has 18 heavy (non-hydrogen) atoms. The average Bonchev–Trinajstić information content (AvgIpc) is 2.25. The van der Waals surface area contributed by atoms with E-state index in [1.54, 1.807) is 5.32 Å². The van der Waals surface area contributed by atoms with Crippen LogP contribution in [0.25, 0.3) is 0 Å². The van der Waals surface area contributed by atoms with Crippen LogP contribution in [0.3, 0.4) is 0 Å². The molecule has 4 N–H and O–H groups in total. The van der Waals surface area contributed by atoms with Crippen LogP contribution in [0.1, 0.15) is 6.42 Å². The Morgan fingerprint density at radius 1 is 1.28 bits per heavy atom. The van der Waals surface area contributed by atoms with Crippen LogP contribution in [0.15, 0.2) is 0 Å². The number of aliphatic hydroxyl groups is 1. The van der Waals surface area contributed by atoms with Gasteiger partial charge in [0.05, 0.1) is 6.54 Å². The summed E-state index contributed by atoms with van der Waals surface area (Å²) < 4.78 is 48.3. The molecule has 0 aliphatic rings. The van der Waals surface area contributed by atoms with E-state index in [9.17, 15) is 27.2 Å². The van der Waals surface area contributed by atoms with E-state index in [1.807, 2.05) is 0 Å². The Labute approximate surface area is 99.0 Å². The van der Waals surface area contributed by atoms with Gasteiger partial charge >= 0.3 is 24.3 Å². The van der Waals surface area contributed by atoms with Gasteiger partial charge in [-0.2, -0.15) is 8.78 Å². The van der Waals surface area contributed by atoms with Crippen LogP contribution in [-0.4, -0.2) is 53.8 Å². The van der Waals surface area contributed by atoms with E-state index in [0.29, 0.717) is 0 Å². The SMILES string of the molecule is O=C(NCC(F)(F)C(F)F)N[C@H](CCO)C(=O)O. The van der Waals surface area contributed by atoms with Crippen molar-refractivity contribution in [3.8, 4) is 0 Å². The van der Waals surface area contributed by atoms with Crippen LogP contribution in [0.4, 0.5) is 22.4 Å². The summed E-state index contributed by atoms with van der Waals surface area (Å²) in [7, 11) is 0. The molecular weight excluding hydrogens is 264 g/mol. The third-order valence-electron chi connectivity index (χ3n) is 1.83. The maximum absolute atomic E-state index is 12.4. The maximum Gasteiger partial charge on any atom is 0.326 e. The maximum atomic E-state index is 12.4. The fraction of sp³-hybridized carbons (Fsp3) is 0.750. The lowest BCUT2D eigenvalue weighted by Gasteiger charge is -2.18. The third kappa shape index (κ3) is 5.66. The molecule has 0 aromatic rings. The quantitative estimate of drug-likeness (QED) is 0.493. The zero-order valence-corrected chi connectivity index (χ0v) is 9.00. The molecule has 0 heterocycles. The molecule has 1 atom stereocenters. The van der Waals surface area contributed by atoms with Crippen molar-refractivity contribution < 1.29 is 37.4 Å². The van der Waals surface area contributed by atoms with Gasteiger partial charge in [-0.3, -0.25) is 0 Å². The second kappa shape index (κ2) is 6.99. The number of nitrogens with one attached hydrogen (secondary N) is 2. The van der Waals surface area contributed by atoms with Crippen LogP contribution in [0, 0.1) is 0 Å². The van der Waals surface area contributed by atoms with Crippen LogP contribution >= 0.6 is 0 Å². The molecule has 0 fully saturated rings. The largest absolute Gasteiger partial charge is 0.480 e. The predicted octanol–water partition coefficient (Wildman–Crippen LogP) is 0.0216. The Morgan fingerprint density at radius 3 is 2.22 bits per heavy atom. The summed E-state index contributed by atoms with van der Waals surface area (Å²) >= 11 is 0. The smallest absolute Gasteiger partial charge is 0.326 e. The summed E-state index contributed by atoms with van der Waals surface area (Å²) in [4.78, 5) is 21.5. The number of amides is 2. The molecule has 0 spiro atoms. The Balaban J connectivity index is 4.22. The topological polar surface area (TPSA) is 98.7 Å². The Bertz CT molecular complexity index is 301. The van der Waals surface area contributed by atoms with Gasteiger partial charge in [0.2, 0.25) is 0 Å². The summed E-state index contributed by atoms with van der Waals surface area (Å²) in [5, 5.41) is 20.2. The van der Waals surface area contributed by atoms with Crippen molar-refractivity contribution in [2.45, 2.75) is 24.8 Å². The van der Waals surface area contributed by atoms with Crippen molar-refractivity contribution in [3.05, 3.63) is 0 Å². The number of aliphatic hydroxyl groups excluding tert-OH is 1. The highest BCUT2D eigenvalue weighted by atomic mass is 19.3. The van der Waals surface area contributed by atoms with Crippen molar-refractivity contribution >= 4 is 12.0 Å². The highest BCUT2D eigenvalue weighted by Crippen LogP contribution is 2.21. The van der Waals surface area contributed by atoms with E-state index >= 15 is 0 Å². The fourth-order valence-corrected chi connectivity index (χ4v) is 0.871. The van der Waals surface area contributed by atoms with E-state index < -0.39 is 43.5 Å². The summed E-state index contributed by atoms with van der Waals surface area (Å²) in [5.41, 5.74) is 0. The van der Waals surface area contributed by atoms with Crippen LogP contribution < -0.4 is 10.6 Å². The zero-order valence-electron chi connectivity index (χ0n) is 9.00. The van der Waals surface area contributed by atoms with Crippen molar-refractivity contribution in [2.75, 3.05) is 13.2 Å². The van der Waals surface area contributed by atoms with Gasteiger partial charge in [0.15, 0.2) is 0 Å². The van der Waals surface area contributed by atoms with Crippen LogP contribution in [-0.2, 0) is 4.79 Å². The number of halogens is 4. The highest BCUT2D eigenvalue weighted by Gasteiger charge is 2.41. The number of rotatable bonds is 7. The van der Waals surface area contributed by atoms with Crippen molar-refractivity contribution in [1.82, 2.24) is 10.6 Å². The normalized spacial score (nSPS) is 13.2. The first-order valence-electron chi connectivity index (χ1n) is 4.74. The first-order valence-corrected chi connectivity index (χ1v) is 4.74. The van der Waals surface area contributed by atoms with Crippen molar-refractivity contribution in [3.63, 3.8) is 0 Å². The number of carboxylic acids is 1. The van der Waals surface area contributed by atoms with Crippen LogP contribution in [0.2, 0.25) is 0 Å². The molecule has 0 saturated heterocycles. The Kier molecular flexibility index (Phi) is 6.37. The molecule has 0 rings (SSSR count). The molecule has 6 nitrogen and oxygen atoms in total. The Morgan fingerprint density at radius 2 is 1.83 bits per heavy atom. The first-order chi connectivity index (χ1) is 8.20. The number of hydrogen-bond acceptors (Lipinski definition) is 3. The van der Waals surface area contributed by atoms with Gasteiger partial charge in [-0.15, -0.1) is 0 Å². The second-order valence-electron chi connectivity index (χ2n) is 3.29. The number of hydrogen-bond donors (Lipinski definition) is 4. The lowest BCUT2D eigenvalue weighted by atomic mass is 10.2. The standard InChI is InChI=1S/C8H12F4N2O4/c9-6(10)8(11,12)3-13-7(18)14-4(1-2-15)5(16)17/h4,6,15H,1-3H2,(H,16,17)(H2,13,14,18)/t4-/m1/s1. The molecular formula is C8H12F4N2O4. The molecule has 106 valence electrons. The van der Waals surface area contributed by atoms with Crippen molar-refractivity contribution in [2.24, 2.45) is 0 Å². The molecule has 2 amide bonds. The number of carbonyl (C=O) groups is 2. The van der Waals surface area contributed by atoms with Crippen molar-refractivity contribution in [1.29, 1.82) is 0 Å². The average molecular weight is 276 g/mol. The molecule has 0 aromatic carbocycles. The highest BCUT2D eigenvalue weighted by molar-refractivity contribution is 5.82. The van der Waals surface area contributed by atoms with E-state index in [2.05, 4.69) is 0 Å².